The second-order valence-corrected chi connectivity index (χ2v) is 6.76. The van der Waals surface area contributed by atoms with E-state index in [4.69, 9.17) is 9.47 Å². The molecule has 96 valence electrons. The zero-order chi connectivity index (χ0) is 12.4. The Hall–Kier alpha value is -1.06. The molecule has 6 saturated carbocycles. The molecule has 0 unspecified atom stereocenters. The van der Waals surface area contributed by atoms with E-state index >= 15 is 0 Å². The molecule has 0 heterocycles. The number of ether oxygens (including phenoxy) is 2. The van der Waals surface area contributed by atoms with E-state index in [2.05, 4.69) is 0 Å². The summed E-state index contributed by atoms with van der Waals surface area (Å²) in [6.45, 7) is 0. The van der Waals surface area contributed by atoms with E-state index in [1.807, 2.05) is 0 Å². The van der Waals surface area contributed by atoms with Gasteiger partial charge in [-0.3, -0.25) is 9.59 Å². The van der Waals surface area contributed by atoms with Gasteiger partial charge in [-0.25, -0.2) is 0 Å². The van der Waals surface area contributed by atoms with Gasteiger partial charge in [0.25, 0.3) is 0 Å². The van der Waals surface area contributed by atoms with Crippen LogP contribution in [0.4, 0.5) is 0 Å². The zero-order valence-corrected chi connectivity index (χ0v) is 10.5. The number of hydrogen-bond acceptors (Lipinski definition) is 4. The maximum absolute atomic E-state index is 12.2. The molecule has 8 atom stereocenters. The van der Waals surface area contributed by atoms with Crippen LogP contribution in [0.15, 0.2) is 0 Å². The first-order valence-electron chi connectivity index (χ1n) is 6.85. The molecule has 0 amide bonds. The first kappa shape index (κ1) is 9.82. The summed E-state index contributed by atoms with van der Waals surface area (Å²) in [6, 6.07) is 0. The molecule has 0 aliphatic heterocycles. The molecule has 6 aliphatic rings. The molecule has 0 spiro atoms. The van der Waals surface area contributed by atoms with Crippen molar-refractivity contribution in [3.05, 3.63) is 0 Å². The van der Waals surface area contributed by atoms with Gasteiger partial charge >= 0.3 is 11.9 Å². The van der Waals surface area contributed by atoms with Gasteiger partial charge in [0.05, 0.1) is 25.0 Å². The van der Waals surface area contributed by atoms with Crippen LogP contribution in [0.5, 0.6) is 0 Å². The maximum Gasteiger partial charge on any atom is 0.312 e. The molecule has 18 heavy (non-hydrogen) atoms. The fourth-order valence-corrected chi connectivity index (χ4v) is 7.42. The molecule has 0 radical (unpaired) electrons. The van der Waals surface area contributed by atoms with Crippen molar-refractivity contribution < 1.29 is 19.1 Å². The van der Waals surface area contributed by atoms with Gasteiger partial charge in [0, 0.05) is 0 Å². The Morgan fingerprint density at radius 2 is 1.67 bits per heavy atom. The standard InChI is InChI=1S/C14H16O4/c1-17-11(15)13-6-4-3-5-8-7(6)10(13)14(8,9(5)13)12(16)18-2/h5-10H,3-4H2,1-2H3/t5-,6-,7+,8+,9-,10-,13-,14+/m0/s1. The van der Waals surface area contributed by atoms with E-state index in [0.29, 0.717) is 23.7 Å². The number of esters is 2. The maximum atomic E-state index is 12.2. The van der Waals surface area contributed by atoms with Crippen molar-refractivity contribution in [3.63, 3.8) is 0 Å². The minimum absolute atomic E-state index is 0.0545. The van der Waals surface area contributed by atoms with Crippen molar-refractivity contribution in [1.82, 2.24) is 0 Å². The van der Waals surface area contributed by atoms with Gasteiger partial charge < -0.3 is 9.47 Å². The smallest absolute Gasteiger partial charge is 0.312 e. The first-order valence-corrected chi connectivity index (χ1v) is 6.85. The lowest BCUT2D eigenvalue weighted by atomic mass is 9.01. The number of rotatable bonds is 2. The highest BCUT2D eigenvalue weighted by molar-refractivity contribution is 5.95. The Morgan fingerprint density at radius 3 is 2.28 bits per heavy atom. The molecule has 0 saturated heterocycles. The SMILES string of the molecule is COC(=O)[C@@]12[C@@H]3[C@@H]4CC[C@H]5[C@H]3[C@H]1[C@@]5(C(=O)OC)[C@H]42. The third-order valence-corrected chi connectivity index (χ3v) is 7.27. The highest BCUT2D eigenvalue weighted by Gasteiger charge is 3.05. The summed E-state index contributed by atoms with van der Waals surface area (Å²) in [4.78, 5) is 24.4. The van der Waals surface area contributed by atoms with E-state index < -0.39 is 0 Å². The Morgan fingerprint density at radius 1 is 1.00 bits per heavy atom. The highest BCUT2D eigenvalue weighted by atomic mass is 16.5. The van der Waals surface area contributed by atoms with E-state index in [1.165, 1.54) is 20.6 Å². The number of fused-ring (bicyclic) bond motifs is 1. The van der Waals surface area contributed by atoms with E-state index in [0.717, 1.165) is 6.42 Å². The van der Waals surface area contributed by atoms with Gasteiger partial charge in [0.15, 0.2) is 0 Å². The second kappa shape index (κ2) is 2.35. The lowest BCUT2D eigenvalue weighted by Crippen LogP contribution is -3.02. The fraction of sp³-hybridized carbons (Fsp3) is 0.857. The van der Waals surface area contributed by atoms with Gasteiger partial charge in [-0.2, -0.15) is 0 Å². The molecule has 4 nitrogen and oxygen atoms in total. The van der Waals surface area contributed by atoms with Crippen molar-refractivity contribution in [2.75, 3.05) is 14.2 Å². The predicted octanol–water partition coefficient (Wildman–Crippen LogP) is 0.851. The molecular formula is C14H16O4. The summed E-state index contributed by atoms with van der Waals surface area (Å²) in [5, 5.41) is 0. The van der Waals surface area contributed by atoms with Gasteiger partial charge in [-0.15, -0.1) is 0 Å². The lowest BCUT2D eigenvalue weighted by molar-refractivity contribution is -0.532. The molecule has 0 aromatic heterocycles. The summed E-state index contributed by atoms with van der Waals surface area (Å²) in [7, 11) is 2.95. The van der Waals surface area contributed by atoms with Crippen molar-refractivity contribution in [1.29, 1.82) is 0 Å². The third-order valence-electron chi connectivity index (χ3n) is 7.27. The Labute approximate surface area is 105 Å². The molecular weight excluding hydrogens is 232 g/mol. The average Bonchev–Trinajstić information content (AvgIpc) is 2.36. The monoisotopic (exact) mass is 248 g/mol. The number of carbonyl (C=O) groups is 2. The van der Waals surface area contributed by atoms with Gasteiger partial charge in [0.2, 0.25) is 0 Å². The van der Waals surface area contributed by atoms with Crippen LogP contribution in [0.2, 0.25) is 0 Å². The van der Waals surface area contributed by atoms with Gasteiger partial charge in [-0.1, -0.05) is 0 Å². The predicted molar refractivity (Wildman–Crippen MR) is 59.1 cm³/mol. The molecule has 2 bridgehead atoms. The van der Waals surface area contributed by atoms with Crippen molar-refractivity contribution >= 4 is 11.9 Å². The summed E-state index contributed by atoms with van der Waals surface area (Å²) >= 11 is 0. The number of hydrogen-bond donors (Lipinski definition) is 0. The molecule has 0 N–H and O–H groups in total. The van der Waals surface area contributed by atoms with Crippen LogP contribution in [0.3, 0.4) is 0 Å². The van der Waals surface area contributed by atoms with Crippen LogP contribution in [0.25, 0.3) is 0 Å². The molecule has 6 aliphatic carbocycles. The fourth-order valence-electron chi connectivity index (χ4n) is 7.42. The number of methoxy groups -OCH3 is 2. The van der Waals surface area contributed by atoms with Crippen LogP contribution in [0.1, 0.15) is 12.8 Å². The molecule has 0 aromatic rings. The van der Waals surface area contributed by atoms with Crippen LogP contribution < -0.4 is 0 Å². The molecule has 6 fully saturated rings. The molecule has 0 aromatic carbocycles. The normalized spacial score (nSPS) is 63.4. The minimum Gasteiger partial charge on any atom is -0.469 e. The van der Waals surface area contributed by atoms with Crippen molar-refractivity contribution in [3.8, 4) is 0 Å². The van der Waals surface area contributed by atoms with Gasteiger partial charge in [-0.05, 0) is 48.3 Å². The van der Waals surface area contributed by atoms with Crippen LogP contribution >= 0.6 is 0 Å². The second-order valence-electron chi connectivity index (χ2n) is 6.76. The van der Waals surface area contributed by atoms with Gasteiger partial charge in [0.1, 0.15) is 0 Å². The summed E-state index contributed by atoms with van der Waals surface area (Å²) in [5.41, 5.74) is -0.555. The highest BCUT2D eigenvalue weighted by Crippen LogP contribution is 3.02. The minimum atomic E-state index is -0.286. The van der Waals surface area contributed by atoms with Crippen molar-refractivity contribution in [2.24, 2.45) is 46.3 Å². The molecule has 6 rings (SSSR count). The van der Waals surface area contributed by atoms with Crippen LogP contribution in [-0.2, 0) is 19.1 Å². The van der Waals surface area contributed by atoms with E-state index in [9.17, 15) is 9.59 Å². The summed E-state index contributed by atoms with van der Waals surface area (Å²) in [5.74, 6) is 2.61. The van der Waals surface area contributed by atoms with E-state index in [1.54, 1.807) is 0 Å². The van der Waals surface area contributed by atoms with Crippen LogP contribution in [-0.4, -0.2) is 26.2 Å². The summed E-state index contributed by atoms with van der Waals surface area (Å²) < 4.78 is 10.1. The largest absolute Gasteiger partial charge is 0.469 e. The lowest BCUT2D eigenvalue weighted by Gasteiger charge is -2.99. The van der Waals surface area contributed by atoms with Crippen LogP contribution in [0, 0.1) is 46.3 Å². The number of carbonyl (C=O) groups excluding carboxylic acids is 2. The van der Waals surface area contributed by atoms with Crippen molar-refractivity contribution in [2.45, 2.75) is 12.8 Å². The topological polar surface area (TPSA) is 52.6 Å². The Balaban J connectivity index is 1.64. The average molecular weight is 248 g/mol. The molecule has 4 heteroatoms. The summed E-state index contributed by atoms with van der Waals surface area (Å²) in [6.07, 6.45) is 2.35. The first-order chi connectivity index (χ1) is 8.68. The Kier molecular flexibility index (Phi) is 1.28. The third kappa shape index (κ3) is 0.503. The van der Waals surface area contributed by atoms with E-state index in [-0.39, 0.29) is 34.6 Å². The zero-order valence-electron chi connectivity index (χ0n) is 10.5. The quantitative estimate of drug-likeness (QED) is 0.680. The Bertz CT molecular complexity index is 510.